The Morgan fingerprint density at radius 2 is 2.11 bits per heavy atom. The van der Waals surface area contributed by atoms with E-state index in [9.17, 15) is 9.59 Å². The summed E-state index contributed by atoms with van der Waals surface area (Å²) in [5.41, 5.74) is 1.71. The summed E-state index contributed by atoms with van der Waals surface area (Å²) in [5, 5.41) is 1.23. The molecular weight excluding hydrogens is 396 g/mol. The third-order valence-electron chi connectivity index (χ3n) is 5.22. The van der Waals surface area contributed by atoms with Gasteiger partial charge >= 0.3 is 5.97 Å². The maximum atomic E-state index is 13.2. The molecule has 2 heterocycles. The summed E-state index contributed by atoms with van der Waals surface area (Å²) in [6.45, 7) is 1.94. The van der Waals surface area contributed by atoms with Gasteiger partial charge in [0.1, 0.15) is 17.5 Å². The third kappa shape index (κ3) is 3.47. The summed E-state index contributed by atoms with van der Waals surface area (Å²) in [7, 11) is 0. The molecule has 3 aromatic rings. The van der Waals surface area contributed by atoms with Crippen LogP contribution in [0.4, 0.5) is 0 Å². The van der Waals surface area contributed by atoms with E-state index in [1.807, 2.05) is 25.1 Å². The Morgan fingerprint density at radius 3 is 2.89 bits per heavy atom. The van der Waals surface area contributed by atoms with Crippen molar-refractivity contribution >= 4 is 39.1 Å². The molecule has 0 amide bonds. The van der Waals surface area contributed by atoms with E-state index in [0.717, 1.165) is 41.6 Å². The zero-order valence-electron chi connectivity index (χ0n) is 15.6. The lowest BCUT2D eigenvalue weighted by Gasteiger charge is -2.17. The lowest BCUT2D eigenvalue weighted by atomic mass is 9.97. The van der Waals surface area contributed by atoms with Crippen LogP contribution in [0.5, 0.6) is 0 Å². The van der Waals surface area contributed by atoms with Gasteiger partial charge in [-0.1, -0.05) is 36.7 Å². The van der Waals surface area contributed by atoms with Gasteiger partial charge < -0.3 is 4.74 Å². The van der Waals surface area contributed by atoms with Gasteiger partial charge in [0.15, 0.2) is 0 Å². The molecule has 0 radical (unpaired) electrons. The van der Waals surface area contributed by atoms with E-state index < -0.39 is 12.0 Å². The largest absolute Gasteiger partial charge is 0.459 e. The highest BCUT2D eigenvalue weighted by Crippen LogP contribution is 2.33. The molecular formula is C21H21ClN2O3S. The molecule has 146 valence electrons. The number of carbonyl (C=O) groups is 1. The van der Waals surface area contributed by atoms with Gasteiger partial charge in [0.05, 0.1) is 11.7 Å². The second kappa shape index (κ2) is 8.05. The van der Waals surface area contributed by atoms with Crippen molar-refractivity contribution in [2.24, 2.45) is 0 Å². The van der Waals surface area contributed by atoms with Crippen LogP contribution >= 0.6 is 22.9 Å². The molecule has 0 fully saturated rings. The third-order valence-corrected chi connectivity index (χ3v) is 6.79. The summed E-state index contributed by atoms with van der Waals surface area (Å²) in [5.74, 6) is -0.449. The topological polar surface area (TPSA) is 61.2 Å². The van der Waals surface area contributed by atoms with E-state index in [0.29, 0.717) is 16.8 Å². The van der Waals surface area contributed by atoms with Crippen molar-refractivity contribution in [1.82, 2.24) is 9.55 Å². The molecule has 0 saturated carbocycles. The number of aromatic nitrogens is 2. The molecule has 28 heavy (non-hydrogen) atoms. The predicted molar refractivity (Wildman–Crippen MR) is 111 cm³/mol. The van der Waals surface area contributed by atoms with Crippen molar-refractivity contribution in [2.45, 2.75) is 51.7 Å². The number of fused-ring (bicyclic) bond motifs is 3. The summed E-state index contributed by atoms with van der Waals surface area (Å²) >= 11 is 7.73. The molecule has 7 heteroatoms. The van der Waals surface area contributed by atoms with Gasteiger partial charge in [0, 0.05) is 15.5 Å². The molecule has 5 nitrogen and oxygen atoms in total. The highest BCUT2D eigenvalue weighted by atomic mass is 35.5. The molecule has 1 unspecified atom stereocenters. The zero-order valence-corrected chi connectivity index (χ0v) is 17.2. The van der Waals surface area contributed by atoms with Gasteiger partial charge in [-0.25, -0.2) is 9.78 Å². The Labute approximate surface area is 171 Å². The second-order valence-electron chi connectivity index (χ2n) is 6.97. The highest BCUT2D eigenvalue weighted by molar-refractivity contribution is 7.18. The van der Waals surface area contributed by atoms with Crippen LogP contribution < -0.4 is 5.56 Å². The SMILES string of the molecule is CCC(C(=O)OCc1ccccc1Cl)n1cnc2sc3c(c2c1=O)CCCC3. The minimum absolute atomic E-state index is 0.0767. The first-order valence-corrected chi connectivity index (χ1v) is 10.7. The molecule has 0 spiro atoms. The second-order valence-corrected chi connectivity index (χ2v) is 8.46. The number of benzene rings is 1. The van der Waals surface area contributed by atoms with Crippen molar-refractivity contribution in [1.29, 1.82) is 0 Å². The number of hydrogen-bond donors (Lipinski definition) is 0. The minimum atomic E-state index is -0.703. The van der Waals surface area contributed by atoms with Crippen LogP contribution in [-0.2, 0) is 29.0 Å². The number of nitrogens with zero attached hydrogens (tertiary/aromatic N) is 2. The first kappa shape index (κ1) is 19.2. The Hall–Kier alpha value is -2.18. The van der Waals surface area contributed by atoms with Crippen molar-refractivity contribution in [3.8, 4) is 0 Å². The monoisotopic (exact) mass is 416 g/mol. The number of rotatable bonds is 5. The Morgan fingerprint density at radius 1 is 1.32 bits per heavy atom. The van der Waals surface area contributed by atoms with Gasteiger partial charge in [-0.15, -0.1) is 11.3 Å². The zero-order chi connectivity index (χ0) is 19.7. The summed E-state index contributed by atoms with van der Waals surface area (Å²) in [6, 6.07) is 6.53. The molecule has 0 saturated heterocycles. The lowest BCUT2D eigenvalue weighted by Crippen LogP contribution is -2.31. The first-order chi connectivity index (χ1) is 13.6. The molecule has 1 aromatic carbocycles. The Bertz CT molecular complexity index is 1090. The van der Waals surface area contributed by atoms with Crippen molar-refractivity contribution < 1.29 is 9.53 Å². The van der Waals surface area contributed by atoms with E-state index in [-0.39, 0.29) is 12.2 Å². The van der Waals surface area contributed by atoms with Gasteiger partial charge in [-0.3, -0.25) is 9.36 Å². The minimum Gasteiger partial charge on any atom is -0.459 e. The van der Waals surface area contributed by atoms with E-state index in [2.05, 4.69) is 4.98 Å². The molecule has 4 rings (SSSR count). The molecule has 0 aliphatic heterocycles. The quantitative estimate of drug-likeness (QED) is 0.566. The first-order valence-electron chi connectivity index (χ1n) is 9.51. The van der Waals surface area contributed by atoms with E-state index in [1.165, 1.54) is 15.8 Å². The van der Waals surface area contributed by atoms with Crippen LogP contribution in [-0.4, -0.2) is 15.5 Å². The van der Waals surface area contributed by atoms with Gasteiger partial charge in [-0.2, -0.15) is 0 Å². The average Bonchev–Trinajstić information content (AvgIpc) is 3.09. The Balaban J connectivity index is 1.63. The van der Waals surface area contributed by atoms with E-state index >= 15 is 0 Å². The van der Waals surface area contributed by atoms with Crippen LogP contribution in [0.25, 0.3) is 10.2 Å². The van der Waals surface area contributed by atoms with Gasteiger partial charge in [-0.05, 0) is 43.7 Å². The summed E-state index contributed by atoms with van der Waals surface area (Å²) < 4.78 is 6.90. The van der Waals surface area contributed by atoms with Crippen LogP contribution in [0, 0.1) is 0 Å². The van der Waals surface area contributed by atoms with Crippen molar-refractivity contribution in [2.75, 3.05) is 0 Å². The average molecular weight is 417 g/mol. The maximum Gasteiger partial charge on any atom is 0.329 e. The van der Waals surface area contributed by atoms with Crippen LogP contribution in [0.1, 0.15) is 48.2 Å². The number of carbonyl (C=O) groups excluding carboxylic acids is 1. The van der Waals surface area contributed by atoms with Crippen LogP contribution in [0.15, 0.2) is 35.4 Å². The fraction of sp³-hybridized carbons (Fsp3) is 0.381. The fourth-order valence-electron chi connectivity index (χ4n) is 3.72. The Kier molecular flexibility index (Phi) is 5.51. The number of aryl methyl sites for hydroxylation is 2. The number of halogens is 1. The smallest absolute Gasteiger partial charge is 0.329 e. The van der Waals surface area contributed by atoms with E-state index in [1.54, 1.807) is 17.4 Å². The normalized spacial score (nSPS) is 14.6. The standard InChI is InChI=1S/C21H21ClN2O3S/c1-2-16(21(26)27-11-13-7-3-5-9-15(13)22)24-12-23-19-18(20(24)25)14-8-4-6-10-17(14)28-19/h3,5,7,9,12,16H,2,4,6,8,10-11H2,1H3. The summed E-state index contributed by atoms with van der Waals surface area (Å²) in [6.07, 6.45) is 6.08. The number of thiophene rings is 1. The predicted octanol–water partition coefficient (Wildman–Crippen LogP) is 4.68. The van der Waals surface area contributed by atoms with Gasteiger partial charge in [0.25, 0.3) is 5.56 Å². The number of ether oxygens (including phenoxy) is 1. The van der Waals surface area contributed by atoms with Crippen molar-refractivity contribution in [3.05, 3.63) is 62.0 Å². The van der Waals surface area contributed by atoms with E-state index in [4.69, 9.17) is 16.3 Å². The van der Waals surface area contributed by atoms with Gasteiger partial charge in [0.2, 0.25) is 0 Å². The number of hydrogen-bond acceptors (Lipinski definition) is 5. The highest BCUT2D eigenvalue weighted by Gasteiger charge is 2.25. The molecule has 0 bridgehead atoms. The van der Waals surface area contributed by atoms with Crippen LogP contribution in [0.3, 0.4) is 0 Å². The number of esters is 1. The molecule has 0 N–H and O–H groups in total. The molecule has 1 atom stereocenters. The fourth-order valence-corrected chi connectivity index (χ4v) is 5.13. The maximum absolute atomic E-state index is 13.2. The molecule has 1 aliphatic rings. The summed E-state index contributed by atoms with van der Waals surface area (Å²) in [4.78, 5) is 32.4. The molecule has 1 aliphatic carbocycles. The lowest BCUT2D eigenvalue weighted by molar-refractivity contribution is -0.149. The van der Waals surface area contributed by atoms with Crippen LogP contribution in [0.2, 0.25) is 5.02 Å². The van der Waals surface area contributed by atoms with Crippen molar-refractivity contribution in [3.63, 3.8) is 0 Å². The molecule has 2 aromatic heterocycles.